The van der Waals surface area contributed by atoms with Gasteiger partial charge in [-0.15, -0.1) is 0 Å². The second-order valence-corrected chi connectivity index (χ2v) is 7.26. The van der Waals surface area contributed by atoms with Crippen molar-refractivity contribution < 1.29 is 18.7 Å². The number of halogens is 1. The summed E-state index contributed by atoms with van der Waals surface area (Å²) in [5.41, 5.74) is 1.05. The molecule has 2 aromatic rings. The van der Waals surface area contributed by atoms with Crippen LogP contribution >= 0.6 is 11.8 Å². The first-order valence-electron chi connectivity index (χ1n) is 8.77. The van der Waals surface area contributed by atoms with Crippen LogP contribution in [0.2, 0.25) is 0 Å². The smallest absolute Gasteiger partial charge is 0.242 e. The Balaban J connectivity index is 1.62. The van der Waals surface area contributed by atoms with Gasteiger partial charge in [0.1, 0.15) is 16.8 Å². The Morgan fingerprint density at radius 2 is 2.04 bits per heavy atom. The Bertz CT molecular complexity index is 902. The van der Waals surface area contributed by atoms with Crippen LogP contribution in [0.4, 0.5) is 15.8 Å². The van der Waals surface area contributed by atoms with Crippen molar-refractivity contribution in [1.29, 1.82) is 0 Å². The van der Waals surface area contributed by atoms with Crippen molar-refractivity contribution in [1.82, 2.24) is 4.90 Å². The van der Waals surface area contributed by atoms with Crippen molar-refractivity contribution >= 4 is 40.1 Å². The molecule has 2 amide bonds. The third-order valence-electron chi connectivity index (χ3n) is 3.99. The second kappa shape index (κ2) is 8.88. The number of hydrogen-bond acceptors (Lipinski definition) is 5. The molecule has 1 atom stereocenters. The van der Waals surface area contributed by atoms with E-state index in [1.54, 1.807) is 43.4 Å². The summed E-state index contributed by atoms with van der Waals surface area (Å²) >= 11 is 1.20. The highest BCUT2D eigenvalue weighted by atomic mass is 32.2. The van der Waals surface area contributed by atoms with E-state index < -0.39 is 11.1 Å². The lowest BCUT2D eigenvalue weighted by Crippen LogP contribution is -2.30. The van der Waals surface area contributed by atoms with Crippen LogP contribution in [0.25, 0.3) is 0 Å². The van der Waals surface area contributed by atoms with E-state index in [4.69, 9.17) is 4.74 Å². The van der Waals surface area contributed by atoms with Gasteiger partial charge in [-0.2, -0.15) is 0 Å². The van der Waals surface area contributed by atoms with Crippen molar-refractivity contribution in [3.63, 3.8) is 0 Å². The fourth-order valence-electron chi connectivity index (χ4n) is 2.63. The predicted octanol–water partition coefficient (Wildman–Crippen LogP) is 3.81. The molecule has 0 radical (unpaired) electrons. The molecule has 1 N–H and O–H groups in total. The van der Waals surface area contributed by atoms with Gasteiger partial charge in [0.25, 0.3) is 0 Å². The van der Waals surface area contributed by atoms with Crippen LogP contribution in [-0.2, 0) is 9.59 Å². The largest absolute Gasteiger partial charge is 0.494 e. The average Bonchev–Trinajstić information content (AvgIpc) is 2.91. The van der Waals surface area contributed by atoms with Gasteiger partial charge in [-0.25, -0.2) is 9.38 Å². The molecule has 146 valence electrons. The second-order valence-electron chi connectivity index (χ2n) is 6.09. The van der Waals surface area contributed by atoms with Gasteiger partial charge in [-0.1, -0.05) is 17.8 Å². The molecule has 1 aliphatic heterocycles. The SMILES string of the molecule is CCOc1ccc(NC(=O)CC2SC(=Nc3cccc(F)c3)N(C)C2=O)cc1. The molecule has 1 saturated heterocycles. The fourth-order valence-corrected chi connectivity index (χ4v) is 3.79. The quantitative estimate of drug-likeness (QED) is 0.799. The van der Waals surface area contributed by atoms with Crippen molar-refractivity contribution in [2.24, 2.45) is 4.99 Å². The normalized spacial score (nSPS) is 17.8. The van der Waals surface area contributed by atoms with Gasteiger partial charge in [-0.3, -0.25) is 14.5 Å². The van der Waals surface area contributed by atoms with E-state index in [2.05, 4.69) is 10.3 Å². The maximum atomic E-state index is 13.3. The van der Waals surface area contributed by atoms with Crippen molar-refractivity contribution in [3.05, 3.63) is 54.3 Å². The highest BCUT2D eigenvalue weighted by molar-refractivity contribution is 8.15. The lowest BCUT2D eigenvalue weighted by molar-refractivity contribution is -0.127. The maximum absolute atomic E-state index is 13.3. The van der Waals surface area contributed by atoms with E-state index in [0.29, 0.717) is 23.1 Å². The molecule has 1 aliphatic rings. The lowest BCUT2D eigenvalue weighted by Gasteiger charge is -2.10. The van der Waals surface area contributed by atoms with E-state index in [1.807, 2.05) is 6.92 Å². The Morgan fingerprint density at radius 1 is 1.29 bits per heavy atom. The summed E-state index contributed by atoms with van der Waals surface area (Å²) < 4.78 is 18.7. The summed E-state index contributed by atoms with van der Waals surface area (Å²) in [5.74, 6) is -0.149. The number of ether oxygens (including phenoxy) is 1. The van der Waals surface area contributed by atoms with E-state index in [0.717, 1.165) is 5.75 Å². The van der Waals surface area contributed by atoms with E-state index in [1.165, 1.54) is 28.8 Å². The molecule has 0 spiro atoms. The number of amides is 2. The molecular formula is C20H20FN3O3S. The molecule has 1 unspecified atom stereocenters. The predicted molar refractivity (Wildman–Crippen MR) is 109 cm³/mol. The zero-order chi connectivity index (χ0) is 20.1. The molecule has 8 heteroatoms. The number of carbonyl (C=O) groups is 2. The third kappa shape index (κ3) is 4.89. The minimum atomic E-state index is -0.569. The Morgan fingerprint density at radius 3 is 2.71 bits per heavy atom. The van der Waals surface area contributed by atoms with E-state index in [9.17, 15) is 14.0 Å². The molecule has 0 saturated carbocycles. The summed E-state index contributed by atoms with van der Waals surface area (Å²) in [7, 11) is 1.60. The molecule has 6 nitrogen and oxygen atoms in total. The molecule has 0 aliphatic carbocycles. The number of aliphatic imine (C=N–C) groups is 1. The van der Waals surface area contributed by atoms with Crippen molar-refractivity contribution in [2.45, 2.75) is 18.6 Å². The van der Waals surface area contributed by atoms with Gasteiger partial charge in [0.2, 0.25) is 11.8 Å². The van der Waals surface area contributed by atoms with Crippen LogP contribution in [0.15, 0.2) is 53.5 Å². The number of carbonyl (C=O) groups excluding carboxylic acids is 2. The van der Waals surface area contributed by atoms with Crippen LogP contribution in [0.3, 0.4) is 0 Å². The summed E-state index contributed by atoms with van der Waals surface area (Å²) in [6, 6.07) is 12.9. The number of amidine groups is 1. The van der Waals surface area contributed by atoms with Gasteiger partial charge < -0.3 is 10.1 Å². The molecule has 3 rings (SSSR count). The van der Waals surface area contributed by atoms with Gasteiger partial charge >= 0.3 is 0 Å². The highest BCUT2D eigenvalue weighted by Gasteiger charge is 2.37. The summed E-state index contributed by atoms with van der Waals surface area (Å²) in [6.07, 6.45) is 0.0171. The van der Waals surface area contributed by atoms with E-state index in [-0.39, 0.29) is 18.2 Å². The molecular weight excluding hydrogens is 381 g/mol. The molecule has 1 heterocycles. The van der Waals surface area contributed by atoms with Crippen LogP contribution in [0.1, 0.15) is 13.3 Å². The maximum Gasteiger partial charge on any atom is 0.242 e. The Hall–Kier alpha value is -2.87. The summed E-state index contributed by atoms with van der Waals surface area (Å²) in [4.78, 5) is 30.5. The van der Waals surface area contributed by atoms with Crippen molar-refractivity contribution in [2.75, 3.05) is 19.0 Å². The number of nitrogens with zero attached hydrogens (tertiary/aromatic N) is 2. The average molecular weight is 401 g/mol. The monoisotopic (exact) mass is 401 g/mol. The van der Waals surface area contributed by atoms with Gasteiger partial charge in [0.15, 0.2) is 5.17 Å². The number of nitrogens with one attached hydrogen (secondary N) is 1. The Kier molecular flexibility index (Phi) is 6.30. The first-order valence-corrected chi connectivity index (χ1v) is 9.65. The number of thioether (sulfide) groups is 1. The first-order chi connectivity index (χ1) is 13.5. The number of hydrogen-bond donors (Lipinski definition) is 1. The summed E-state index contributed by atoms with van der Waals surface area (Å²) in [5, 5.41) is 2.65. The van der Waals surface area contributed by atoms with Crippen LogP contribution in [0, 0.1) is 5.82 Å². The first kappa shape index (κ1) is 19.9. The minimum Gasteiger partial charge on any atom is -0.494 e. The number of benzene rings is 2. The van der Waals surface area contributed by atoms with Crippen LogP contribution < -0.4 is 10.1 Å². The van der Waals surface area contributed by atoms with Gasteiger partial charge in [0.05, 0.1) is 12.3 Å². The molecule has 2 aromatic carbocycles. The molecule has 0 bridgehead atoms. The third-order valence-corrected chi connectivity index (χ3v) is 5.22. The minimum absolute atomic E-state index is 0.0171. The fraction of sp³-hybridized carbons (Fsp3) is 0.250. The highest BCUT2D eigenvalue weighted by Crippen LogP contribution is 2.31. The topological polar surface area (TPSA) is 71.0 Å². The molecule has 1 fully saturated rings. The van der Waals surface area contributed by atoms with Gasteiger partial charge in [0, 0.05) is 19.2 Å². The number of rotatable bonds is 6. The van der Waals surface area contributed by atoms with Gasteiger partial charge in [-0.05, 0) is 49.4 Å². The lowest BCUT2D eigenvalue weighted by atomic mass is 10.2. The zero-order valence-corrected chi connectivity index (χ0v) is 16.3. The zero-order valence-electron chi connectivity index (χ0n) is 15.5. The molecule has 0 aromatic heterocycles. The summed E-state index contributed by atoms with van der Waals surface area (Å²) in [6.45, 7) is 2.47. The van der Waals surface area contributed by atoms with Crippen LogP contribution in [-0.4, -0.2) is 40.8 Å². The molecule has 28 heavy (non-hydrogen) atoms. The standard InChI is InChI=1S/C20H20FN3O3S/c1-3-27-16-9-7-14(8-10-16)22-18(25)12-17-19(26)24(2)20(28-17)23-15-6-4-5-13(21)11-15/h4-11,17H,3,12H2,1-2H3,(H,22,25). The van der Waals surface area contributed by atoms with Crippen molar-refractivity contribution in [3.8, 4) is 5.75 Å². The van der Waals surface area contributed by atoms with Crippen LogP contribution in [0.5, 0.6) is 5.75 Å². The van der Waals surface area contributed by atoms with E-state index >= 15 is 0 Å². The number of anilines is 1. The Labute approximate surface area is 166 Å².